The van der Waals surface area contributed by atoms with E-state index in [9.17, 15) is 18.0 Å². The van der Waals surface area contributed by atoms with Crippen LogP contribution in [0.25, 0.3) is 0 Å². The number of methoxy groups -OCH3 is 1. The van der Waals surface area contributed by atoms with E-state index in [1.165, 1.54) is 29.6 Å². The van der Waals surface area contributed by atoms with Crippen molar-refractivity contribution < 1.29 is 27.5 Å². The van der Waals surface area contributed by atoms with Crippen LogP contribution in [0, 0.1) is 0 Å². The van der Waals surface area contributed by atoms with Crippen molar-refractivity contribution in [3.63, 3.8) is 0 Å². The van der Waals surface area contributed by atoms with Gasteiger partial charge in [0.1, 0.15) is 6.61 Å². The summed E-state index contributed by atoms with van der Waals surface area (Å²) >= 11 is 0. The van der Waals surface area contributed by atoms with E-state index >= 15 is 0 Å². The number of nitrogens with one attached hydrogen (secondary N) is 2. The first-order valence-electron chi connectivity index (χ1n) is 9.28. The molecule has 0 saturated carbocycles. The number of ether oxygens (including phenoxy) is 2. The van der Waals surface area contributed by atoms with Gasteiger partial charge in [-0.25, -0.2) is 8.42 Å². The lowest BCUT2D eigenvalue weighted by atomic mass is 10.2. The first kappa shape index (κ1) is 21.9. The summed E-state index contributed by atoms with van der Waals surface area (Å²) in [7, 11) is -2.26. The Labute approximate surface area is 175 Å². The van der Waals surface area contributed by atoms with Crippen molar-refractivity contribution in [2.24, 2.45) is 0 Å². The maximum atomic E-state index is 12.8. The van der Waals surface area contributed by atoms with Gasteiger partial charge in [0, 0.05) is 37.1 Å². The Kier molecular flexibility index (Phi) is 7.16. The number of morpholine rings is 1. The van der Waals surface area contributed by atoms with Crippen LogP contribution in [0.2, 0.25) is 0 Å². The van der Waals surface area contributed by atoms with Crippen molar-refractivity contribution in [2.75, 3.05) is 50.7 Å². The average Bonchev–Trinajstić information content (AvgIpc) is 2.76. The van der Waals surface area contributed by atoms with Gasteiger partial charge in [-0.05, 0) is 42.5 Å². The van der Waals surface area contributed by atoms with Crippen molar-refractivity contribution in [3.8, 4) is 0 Å². The minimum Gasteiger partial charge on any atom is -0.379 e. The highest BCUT2D eigenvalue weighted by Crippen LogP contribution is 2.20. The van der Waals surface area contributed by atoms with Gasteiger partial charge >= 0.3 is 0 Å². The summed E-state index contributed by atoms with van der Waals surface area (Å²) in [6.45, 7) is 1.21. The molecule has 1 saturated heterocycles. The highest BCUT2D eigenvalue weighted by molar-refractivity contribution is 7.89. The Bertz CT molecular complexity index is 1000. The van der Waals surface area contributed by atoms with Gasteiger partial charge in [-0.15, -0.1) is 0 Å². The molecule has 10 heteroatoms. The summed E-state index contributed by atoms with van der Waals surface area (Å²) in [6.07, 6.45) is 0. The molecule has 3 rings (SSSR count). The summed E-state index contributed by atoms with van der Waals surface area (Å²) in [6, 6.07) is 12.5. The summed E-state index contributed by atoms with van der Waals surface area (Å²) in [4.78, 5) is 24.2. The SMILES string of the molecule is COCC(=O)Nc1ccc(NC(=O)c2cccc(S(=O)(=O)N3CCOCC3)c2)cc1. The van der Waals surface area contributed by atoms with E-state index in [0.717, 1.165) is 0 Å². The number of nitrogens with zero attached hydrogens (tertiary/aromatic N) is 1. The molecule has 0 bridgehead atoms. The van der Waals surface area contributed by atoms with E-state index < -0.39 is 15.9 Å². The van der Waals surface area contributed by atoms with Crippen molar-refractivity contribution in [1.29, 1.82) is 0 Å². The third kappa shape index (κ3) is 5.42. The Hall–Kier alpha value is -2.79. The zero-order valence-corrected chi connectivity index (χ0v) is 17.3. The average molecular weight is 433 g/mol. The second-order valence-corrected chi connectivity index (χ2v) is 8.49. The van der Waals surface area contributed by atoms with Gasteiger partial charge in [-0.2, -0.15) is 4.31 Å². The number of sulfonamides is 1. The second kappa shape index (κ2) is 9.81. The lowest BCUT2D eigenvalue weighted by Gasteiger charge is -2.26. The quantitative estimate of drug-likeness (QED) is 0.685. The molecule has 1 aliphatic heterocycles. The van der Waals surface area contributed by atoms with Crippen LogP contribution in [0.5, 0.6) is 0 Å². The first-order valence-corrected chi connectivity index (χ1v) is 10.7. The Balaban J connectivity index is 1.69. The number of amides is 2. The largest absolute Gasteiger partial charge is 0.379 e. The normalized spacial score (nSPS) is 14.8. The number of benzene rings is 2. The van der Waals surface area contributed by atoms with E-state index in [2.05, 4.69) is 10.6 Å². The molecule has 2 amide bonds. The third-order valence-electron chi connectivity index (χ3n) is 4.41. The molecule has 2 aromatic rings. The van der Waals surface area contributed by atoms with Crippen molar-refractivity contribution in [2.45, 2.75) is 4.90 Å². The van der Waals surface area contributed by atoms with Crippen LogP contribution in [-0.2, 0) is 24.3 Å². The van der Waals surface area contributed by atoms with Gasteiger partial charge < -0.3 is 20.1 Å². The lowest BCUT2D eigenvalue weighted by Crippen LogP contribution is -2.40. The van der Waals surface area contributed by atoms with Gasteiger partial charge in [0.15, 0.2) is 0 Å². The van der Waals surface area contributed by atoms with Crippen molar-refractivity contribution in [3.05, 3.63) is 54.1 Å². The second-order valence-electron chi connectivity index (χ2n) is 6.56. The van der Waals surface area contributed by atoms with Crippen LogP contribution in [0.1, 0.15) is 10.4 Å². The molecule has 0 radical (unpaired) electrons. The molecule has 0 spiro atoms. The predicted molar refractivity (Wildman–Crippen MR) is 111 cm³/mol. The van der Waals surface area contributed by atoms with Crippen LogP contribution >= 0.6 is 0 Å². The summed E-state index contributed by atoms with van der Waals surface area (Å²) in [5.74, 6) is -0.724. The molecular formula is C20H23N3O6S. The minimum absolute atomic E-state index is 0.0534. The fraction of sp³-hybridized carbons (Fsp3) is 0.300. The number of hydrogen-bond donors (Lipinski definition) is 2. The monoisotopic (exact) mass is 433 g/mol. The standard InChI is InChI=1S/C20H23N3O6S/c1-28-14-19(24)21-16-5-7-17(8-6-16)22-20(25)15-3-2-4-18(13-15)30(26,27)23-9-11-29-12-10-23/h2-8,13H,9-12,14H2,1H3,(H,21,24)(H,22,25). The zero-order chi connectivity index (χ0) is 21.6. The van der Waals surface area contributed by atoms with Crippen LogP contribution in [0.3, 0.4) is 0 Å². The third-order valence-corrected chi connectivity index (χ3v) is 6.30. The van der Waals surface area contributed by atoms with E-state index in [1.54, 1.807) is 30.3 Å². The molecule has 2 N–H and O–H groups in total. The number of carbonyl (C=O) groups excluding carboxylic acids is 2. The van der Waals surface area contributed by atoms with Crippen LogP contribution in [0.4, 0.5) is 11.4 Å². The Morgan fingerprint density at radius 1 is 1.03 bits per heavy atom. The molecule has 2 aromatic carbocycles. The molecule has 1 fully saturated rings. The zero-order valence-electron chi connectivity index (χ0n) is 16.5. The Morgan fingerprint density at radius 2 is 1.67 bits per heavy atom. The maximum absolute atomic E-state index is 12.8. The number of hydrogen-bond acceptors (Lipinski definition) is 6. The smallest absolute Gasteiger partial charge is 0.255 e. The van der Waals surface area contributed by atoms with Crippen LogP contribution < -0.4 is 10.6 Å². The van der Waals surface area contributed by atoms with E-state index in [4.69, 9.17) is 9.47 Å². The first-order chi connectivity index (χ1) is 14.4. The molecule has 9 nitrogen and oxygen atoms in total. The van der Waals surface area contributed by atoms with Crippen molar-refractivity contribution >= 4 is 33.2 Å². The summed E-state index contributed by atoms with van der Waals surface area (Å²) < 4.78 is 36.9. The van der Waals surface area contributed by atoms with Gasteiger partial charge in [-0.3, -0.25) is 9.59 Å². The van der Waals surface area contributed by atoms with Gasteiger partial charge in [0.25, 0.3) is 5.91 Å². The van der Waals surface area contributed by atoms with Crippen LogP contribution in [-0.4, -0.2) is 64.6 Å². The highest BCUT2D eigenvalue weighted by Gasteiger charge is 2.26. The van der Waals surface area contributed by atoms with E-state index in [0.29, 0.717) is 24.6 Å². The number of carbonyl (C=O) groups is 2. The minimum atomic E-state index is -3.69. The van der Waals surface area contributed by atoms with Crippen molar-refractivity contribution in [1.82, 2.24) is 4.31 Å². The fourth-order valence-electron chi connectivity index (χ4n) is 2.90. The molecule has 0 aromatic heterocycles. The Morgan fingerprint density at radius 3 is 2.30 bits per heavy atom. The molecule has 160 valence electrons. The molecule has 30 heavy (non-hydrogen) atoms. The molecule has 1 heterocycles. The molecule has 0 aliphatic carbocycles. The predicted octanol–water partition coefficient (Wildman–Crippen LogP) is 1.54. The van der Waals surface area contributed by atoms with E-state index in [1.807, 2.05) is 0 Å². The summed E-state index contributed by atoms with van der Waals surface area (Å²) in [5.41, 5.74) is 1.29. The summed E-state index contributed by atoms with van der Waals surface area (Å²) in [5, 5.41) is 5.37. The highest BCUT2D eigenvalue weighted by atomic mass is 32.2. The molecular weight excluding hydrogens is 410 g/mol. The maximum Gasteiger partial charge on any atom is 0.255 e. The molecule has 0 unspecified atom stereocenters. The molecule has 0 atom stereocenters. The number of anilines is 2. The lowest BCUT2D eigenvalue weighted by molar-refractivity contribution is -0.119. The van der Waals surface area contributed by atoms with Gasteiger partial charge in [0.2, 0.25) is 15.9 Å². The molecule has 1 aliphatic rings. The topological polar surface area (TPSA) is 114 Å². The number of rotatable bonds is 7. The fourth-order valence-corrected chi connectivity index (χ4v) is 4.36. The van der Waals surface area contributed by atoms with Gasteiger partial charge in [-0.1, -0.05) is 6.07 Å². The van der Waals surface area contributed by atoms with Gasteiger partial charge in [0.05, 0.1) is 18.1 Å². The van der Waals surface area contributed by atoms with E-state index in [-0.39, 0.29) is 36.1 Å². The van der Waals surface area contributed by atoms with Crippen LogP contribution in [0.15, 0.2) is 53.4 Å².